The Balaban J connectivity index is 1.65. The Kier molecular flexibility index (Phi) is 4.57. The normalized spacial score (nSPS) is 15.4. The van der Waals surface area contributed by atoms with E-state index in [9.17, 15) is 4.79 Å². The number of carbonyl (C=O) groups is 1. The van der Waals surface area contributed by atoms with Gasteiger partial charge in [0.2, 0.25) is 5.91 Å². The first-order valence-electron chi connectivity index (χ1n) is 9.88. The highest BCUT2D eigenvalue weighted by Crippen LogP contribution is 2.39. The molecule has 3 N–H and O–H groups in total. The van der Waals surface area contributed by atoms with Crippen LogP contribution in [0.4, 0.5) is 0 Å². The fourth-order valence-electron chi connectivity index (χ4n) is 4.06. The molecular weight excluding hydrogens is 350 g/mol. The van der Waals surface area contributed by atoms with Crippen molar-refractivity contribution in [1.82, 2.24) is 20.0 Å². The summed E-state index contributed by atoms with van der Waals surface area (Å²) in [6.45, 7) is 7.68. The van der Waals surface area contributed by atoms with Gasteiger partial charge in [-0.25, -0.2) is 0 Å². The van der Waals surface area contributed by atoms with E-state index in [4.69, 9.17) is 10.8 Å². The van der Waals surface area contributed by atoms with Gasteiger partial charge in [-0.1, -0.05) is 38.1 Å². The van der Waals surface area contributed by atoms with Gasteiger partial charge in [0.1, 0.15) is 5.69 Å². The SMILES string of the molecule is CCn1nc(-c2cc(-c3ccc(CC(N)=O)cc3)n[nH]2)c2c1CC(C)(C)CC2. The number of aromatic nitrogens is 4. The maximum Gasteiger partial charge on any atom is 0.221 e. The quantitative estimate of drug-likeness (QED) is 0.713. The lowest BCUT2D eigenvalue weighted by Gasteiger charge is -2.30. The number of nitrogens with zero attached hydrogens (tertiary/aromatic N) is 3. The highest BCUT2D eigenvalue weighted by molar-refractivity contribution is 5.77. The Hall–Kier alpha value is -2.89. The summed E-state index contributed by atoms with van der Waals surface area (Å²) in [6.07, 6.45) is 3.53. The second-order valence-corrected chi connectivity index (χ2v) is 8.44. The minimum Gasteiger partial charge on any atom is -0.369 e. The predicted molar refractivity (Wildman–Crippen MR) is 110 cm³/mol. The van der Waals surface area contributed by atoms with Gasteiger partial charge in [-0.3, -0.25) is 14.6 Å². The van der Waals surface area contributed by atoms with E-state index < -0.39 is 0 Å². The van der Waals surface area contributed by atoms with Crippen LogP contribution in [0.25, 0.3) is 22.6 Å². The molecule has 2 heterocycles. The molecule has 1 amide bonds. The van der Waals surface area contributed by atoms with Crippen LogP contribution in [-0.4, -0.2) is 25.9 Å². The van der Waals surface area contributed by atoms with Gasteiger partial charge < -0.3 is 5.73 Å². The lowest BCUT2D eigenvalue weighted by atomic mass is 9.76. The summed E-state index contributed by atoms with van der Waals surface area (Å²) in [6, 6.07) is 9.85. The number of hydrogen-bond acceptors (Lipinski definition) is 3. The van der Waals surface area contributed by atoms with Crippen LogP contribution < -0.4 is 5.73 Å². The first-order chi connectivity index (χ1) is 13.4. The molecule has 6 nitrogen and oxygen atoms in total. The number of H-pyrrole nitrogens is 1. The molecule has 3 aromatic rings. The predicted octanol–water partition coefficient (Wildman–Crippen LogP) is 3.50. The van der Waals surface area contributed by atoms with Crippen LogP contribution in [0.1, 0.15) is 44.0 Å². The first kappa shape index (κ1) is 18.5. The molecule has 1 aliphatic rings. The van der Waals surface area contributed by atoms with Crippen LogP contribution >= 0.6 is 0 Å². The summed E-state index contributed by atoms with van der Waals surface area (Å²) < 4.78 is 2.14. The Morgan fingerprint density at radius 3 is 2.71 bits per heavy atom. The Bertz CT molecular complexity index is 1010. The van der Waals surface area contributed by atoms with Crippen molar-refractivity contribution in [2.45, 2.75) is 53.0 Å². The molecule has 4 rings (SSSR count). The number of nitrogens with one attached hydrogen (secondary N) is 1. The number of aromatic amines is 1. The maximum atomic E-state index is 11.1. The number of hydrogen-bond donors (Lipinski definition) is 2. The minimum absolute atomic E-state index is 0.253. The van der Waals surface area contributed by atoms with Crippen LogP contribution in [0.15, 0.2) is 30.3 Å². The van der Waals surface area contributed by atoms with E-state index in [0.717, 1.165) is 47.6 Å². The summed E-state index contributed by atoms with van der Waals surface area (Å²) in [4.78, 5) is 11.1. The number of carbonyl (C=O) groups excluding carboxylic acids is 1. The summed E-state index contributed by atoms with van der Waals surface area (Å²) >= 11 is 0. The lowest BCUT2D eigenvalue weighted by Crippen LogP contribution is -2.24. The minimum atomic E-state index is -0.325. The van der Waals surface area contributed by atoms with Crippen molar-refractivity contribution in [3.63, 3.8) is 0 Å². The molecule has 0 spiro atoms. The zero-order chi connectivity index (χ0) is 19.9. The molecule has 0 unspecified atom stereocenters. The molecule has 146 valence electrons. The molecule has 0 saturated heterocycles. The largest absolute Gasteiger partial charge is 0.369 e. The van der Waals surface area contributed by atoms with Gasteiger partial charge in [-0.2, -0.15) is 10.2 Å². The van der Waals surface area contributed by atoms with E-state index in [1.165, 1.54) is 17.7 Å². The second-order valence-electron chi connectivity index (χ2n) is 8.44. The Morgan fingerprint density at radius 2 is 2.04 bits per heavy atom. The van der Waals surface area contributed by atoms with Gasteiger partial charge in [-0.15, -0.1) is 0 Å². The Morgan fingerprint density at radius 1 is 1.29 bits per heavy atom. The zero-order valence-electron chi connectivity index (χ0n) is 16.7. The first-order valence-corrected chi connectivity index (χ1v) is 9.88. The van der Waals surface area contributed by atoms with E-state index in [1.807, 2.05) is 24.3 Å². The summed E-state index contributed by atoms with van der Waals surface area (Å²) in [5, 5.41) is 12.6. The van der Waals surface area contributed by atoms with Crippen molar-refractivity contribution in [2.24, 2.45) is 11.1 Å². The van der Waals surface area contributed by atoms with E-state index in [-0.39, 0.29) is 12.3 Å². The number of fused-ring (bicyclic) bond motifs is 1. The molecule has 0 atom stereocenters. The van der Waals surface area contributed by atoms with Crippen molar-refractivity contribution >= 4 is 5.91 Å². The number of rotatable bonds is 5. The zero-order valence-corrected chi connectivity index (χ0v) is 16.7. The van der Waals surface area contributed by atoms with Crippen LogP contribution in [0.3, 0.4) is 0 Å². The molecule has 28 heavy (non-hydrogen) atoms. The van der Waals surface area contributed by atoms with Crippen LogP contribution in [0.5, 0.6) is 0 Å². The number of amides is 1. The molecule has 0 aliphatic heterocycles. The molecule has 2 aromatic heterocycles. The van der Waals surface area contributed by atoms with Crippen molar-refractivity contribution in [3.05, 3.63) is 47.2 Å². The summed E-state index contributed by atoms with van der Waals surface area (Å²) in [5.41, 5.74) is 13.1. The third-order valence-electron chi connectivity index (χ3n) is 5.62. The van der Waals surface area contributed by atoms with Crippen LogP contribution in [0, 0.1) is 5.41 Å². The van der Waals surface area contributed by atoms with Crippen molar-refractivity contribution in [1.29, 1.82) is 0 Å². The molecular formula is C22H27N5O. The molecule has 0 bridgehead atoms. The molecule has 0 saturated carbocycles. The van der Waals surface area contributed by atoms with E-state index in [1.54, 1.807) is 0 Å². The summed E-state index contributed by atoms with van der Waals surface area (Å²) in [5.74, 6) is -0.325. The van der Waals surface area contributed by atoms with Crippen molar-refractivity contribution in [3.8, 4) is 22.6 Å². The molecule has 6 heteroatoms. The fourth-order valence-corrected chi connectivity index (χ4v) is 4.06. The number of benzene rings is 1. The molecule has 0 radical (unpaired) electrons. The van der Waals surface area contributed by atoms with E-state index >= 15 is 0 Å². The van der Waals surface area contributed by atoms with Gasteiger partial charge >= 0.3 is 0 Å². The van der Waals surface area contributed by atoms with E-state index in [0.29, 0.717) is 5.41 Å². The third kappa shape index (κ3) is 3.46. The lowest BCUT2D eigenvalue weighted by molar-refractivity contribution is -0.117. The molecule has 1 aromatic carbocycles. The fraction of sp³-hybridized carbons (Fsp3) is 0.409. The topological polar surface area (TPSA) is 89.6 Å². The highest BCUT2D eigenvalue weighted by Gasteiger charge is 2.31. The van der Waals surface area contributed by atoms with E-state index in [2.05, 4.69) is 41.7 Å². The van der Waals surface area contributed by atoms with Crippen molar-refractivity contribution < 1.29 is 4.79 Å². The maximum absolute atomic E-state index is 11.1. The standard InChI is InChI=1S/C22H27N5O/c1-4-27-19-13-22(2,3)10-9-16(19)21(26-27)18-12-17(24-25-18)15-7-5-14(6-8-15)11-20(23)28/h5-8,12H,4,9-11,13H2,1-3H3,(H2,23,28)(H,24,25). The smallest absolute Gasteiger partial charge is 0.221 e. The second kappa shape index (κ2) is 6.93. The molecule has 0 fully saturated rings. The number of primary amides is 1. The third-order valence-corrected chi connectivity index (χ3v) is 5.62. The van der Waals surface area contributed by atoms with Gasteiger partial charge in [0.25, 0.3) is 0 Å². The highest BCUT2D eigenvalue weighted by atomic mass is 16.1. The Labute approximate surface area is 165 Å². The van der Waals surface area contributed by atoms with Crippen molar-refractivity contribution in [2.75, 3.05) is 0 Å². The molecule has 1 aliphatic carbocycles. The van der Waals surface area contributed by atoms with Gasteiger partial charge in [-0.05, 0) is 43.2 Å². The van der Waals surface area contributed by atoms with Gasteiger partial charge in [0.15, 0.2) is 0 Å². The number of nitrogens with two attached hydrogens (primary N) is 1. The monoisotopic (exact) mass is 377 g/mol. The van der Waals surface area contributed by atoms with Crippen LogP contribution in [-0.2, 0) is 30.6 Å². The number of aryl methyl sites for hydroxylation is 1. The van der Waals surface area contributed by atoms with Gasteiger partial charge in [0.05, 0.1) is 17.8 Å². The summed E-state index contributed by atoms with van der Waals surface area (Å²) in [7, 11) is 0. The van der Waals surface area contributed by atoms with Gasteiger partial charge in [0, 0.05) is 23.4 Å². The van der Waals surface area contributed by atoms with Crippen LogP contribution in [0.2, 0.25) is 0 Å². The average molecular weight is 377 g/mol. The average Bonchev–Trinajstić information content (AvgIpc) is 3.25.